The zero-order valence-electron chi connectivity index (χ0n) is 7.85. The summed E-state index contributed by atoms with van der Waals surface area (Å²) in [5.74, 6) is -0.974. The van der Waals surface area contributed by atoms with Crippen molar-refractivity contribution >= 4 is 11.6 Å². The van der Waals surface area contributed by atoms with E-state index < -0.39 is 16.5 Å². The largest absolute Gasteiger partial charge is 0.365 e. The molecule has 0 aromatic heterocycles. The Morgan fingerprint density at radius 2 is 2.20 bits per heavy atom. The van der Waals surface area contributed by atoms with Gasteiger partial charge in [-0.15, -0.1) is 0 Å². The molecular formula is C9H7N3O3. The molecular weight excluding hydrogens is 198 g/mol. The second kappa shape index (κ2) is 3.75. The number of amides is 1. The zero-order valence-corrected chi connectivity index (χ0v) is 7.85. The Morgan fingerprint density at radius 3 is 2.60 bits per heavy atom. The number of carbonyl (C=O) groups is 1. The summed E-state index contributed by atoms with van der Waals surface area (Å²) in [4.78, 5) is 20.9. The molecule has 0 unspecified atom stereocenters. The van der Waals surface area contributed by atoms with Crippen LogP contribution in [0.5, 0.6) is 0 Å². The molecule has 1 amide bonds. The van der Waals surface area contributed by atoms with Crippen molar-refractivity contribution < 1.29 is 9.72 Å². The fraction of sp³-hybridized carbons (Fsp3) is 0.111. The first kappa shape index (κ1) is 10.7. The molecule has 0 heterocycles. The van der Waals surface area contributed by atoms with E-state index in [1.165, 1.54) is 12.1 Å². The van der Waals surface area contributed by atoms with Crippen LogP contribution < -0.4 is 5.73 Å². The predicted octanol–water partition coefficient (Wildman–Crippen LogP) is 0.874. The van der Waals surface area contributed by atoms with Crippen molar-refractivity contribution in [3.63, 3.8) is 0 Å². The van der Waals surface area contributed by atoms with E-state index >= 15 is 0 Å². The summed E-state index contributed by atoms with van der Waals surface area (Å²) in [5.41, 5.74) is 4.67. The minimum atomic E-state index is -0.974. The van der Waals surface area contributed by atoms with Gasteiger partial charge in [0.15, 0.2) is 0 Å². The van der Waals surface area contributed by atoms with Crippen LogP contribution in [0.3, 0.4) is 0 Å². The summed E-state index contributed by atoms with van der Waals surface area (Å²) >= 11 is 0. The molecule has 2 N–H and O–H groups in total. The number of primary amides is 1. The number of nitro benzene ring substituents is 1. The van der Waals surface area contributed by atoms with Crippen molar-refractivity contribution in [1.82, 2.24) is 0 Å². The first-order chi connectivity index (χ1) is 6.97. The van der Waals surface area contributed by atoms with Gasteiger partial charge in [-0.3, -0.25) is 14.9 Å². The minimum absolute atomic E-state index is 0.0748. The topological polar surface area (TPSA) is 110 Å². The van der Waals surface area contributed by atoms with Crippen molar-refractivity contribution in [2.45, 2.75) is 6.92 Å². The number of rotatable bonds is 2. The highest BCUT2D eigenvalue weighted by molar-refractivity contribution is 5.99. The Hall–Kier alpha value is -2.42. The number of hydrogen-bond donors (Lipinski definition) is 1. The lowest BCUT2D eigenvalue weighted by atomic mass is 10.0. The third-order valence-corrected chi connectivity index (χ3v) is 1.83. The monoisotopic (exact) mass is 205 g/mol. The van der Waals surface area contributed by atoms with Gasteiger partial charge in [0.1, 0.15) is 11.6 Å². The average molecular weight is 205 g/mol. The van der Waals surface area contributed by atoms with Crippen molar-refractivity contribution in [1.29, 1.82) is 5.26 Å². The summed E-state index contributed by atoms with van der Waals surface area (Å²) < 4.78 is 0. The predicted molar refractivity (Wildman–Crippen MR) is 51.1 cm³/mol. The first-order valence-corrected chi connectivity index (χ1v) is 3.96. The van der Waals surface area contributed by atoms with Crippen LogP contribution in [-0.2, 0) is 0 Å². The lowest BCUT2D eigenvalue weighted by Crippen LogP contribution is -2.15. The summed E-state index contributed by atoms with van der Waals surface area (Å²) in [6, 6.07) is 4.30. The summed E-state index contributed by atoms with van der Waals surface area (Å²) in [6.45, 7) is 1.60. The number of carbonyl (C=O) groups excluding carboxylic acids is 1. The van der Waals surface area contributed by atoms with E-state index in [-0.39, 0.29) is 11.1 Å². The van der Waals surface area contributed by atoms with E-state index in [0.29, 0.717) is 5.56 Å². The Labute approximate surface area is 85.1 Å². The van der Waals surface area contributed by atoms with Gasteiger partial charge < -0.3 is 5.73 Å². The highest BCUT2D eigenvalue weighted by Gasteiger charge is 2.22. The van der Waals surface area contributed by atoms with E-state index in [1.807, 2.05) is 0 Å². The van der Waals surface area contributed by atoms with Crippen molar-refractivity contribution in [3.05, 3.63) is 38.9 Å². The number of hydrogen-bond acceptors (Lipinski definition) is 4. The molecule has 1 aromatic rings. The van der Waals surface area contributed by atoms with E-state index in [2.05, 4.69) is 0 Å². The van der Waals surface area contributed by atoms with Crippen LogP contribution >= 0.6 is 0 Å². The first-order valence-electron chi connectivity index (χ1n) is 3.96. The van der Waals surface area contributed by atoms with Gasteiger partial charge in [0.2, 0.25) is 0 Å². The molecule has 0 aliphatic rings. The molecule has 15 heavy (non-hydrogen) atoms. The highest BCUT2D eigenvalue weighted by atomic mass is 16.6. The number of nitrogens with zero attached hydrogens (tertiary/aromatic N) is 2. The maximum atomic E-state index is 11.0. The van der Waals surface area contributed by atoms with Gasteiger partial charge in [0, 0.05) is 6.07 Å². The summed E-state index contributed by atoms with van der Waals surface area (Å²) in [7, 11) is 0. The standard InChI is InChI=1S/C9H7N3O3/c1-5-2-6(4-10)8(9(11)13)7(3-5)12(14)15/h2-3H,1H3,(H2,11,13). The second-order valence-corrected chi connectivity index (χ2v) is 2.94. The number of nitro groups is 1. The maximum absolute atomic E-state index is 11.0. The highest BCUT2D eigenvalue weighted by Crippen LogP contribution is 2.23. The molecule has 0 fully saturated rings. The lowest BCUT2D eigenvalue weighted by molar-refractivity contribution is -0.385. The van der Waals surface area contributed by atoms with Gasteiger partial charge in [-0.2, -0.15) is 5.26 Å². The molecule has 6 heteroatoms. The van der Waals surface area contributed by atoms with Crippen LogP contribution in [0.1, 0.15) is 21.5 Å². The lowest BCUT2D eigenvalue weighted by Gasteiger charge is -2.02. The Bertz CT molecular complexity index is 488. The van der Waals surface area contributed by atoms with Gasteiger partial charge in [-0.1, -0.05) is 0 Å². The van der Waals surface area contributed by atoms with Crippen LogP contribution in [0.2, 0.25) is 0 Å². The van der Waals surface area contributed by atoms with Crippen molar-refractivity contribution in [2.24, 2.45) is 5.73 Å². The third kappa shape index (κ3) is 1.91. The molecule has 0 saturated heterocycles. The average Bonchev–Trinajstić information content (AvgIpc) is 2.15. The normalized spacial score (nSPS) is 9.33. The Balaban J connectivity index is 3.64. The SMILES string of the molecule is Cc1cc(C#N)c(C(N)=O)c([N+](=O)[O-])c1. The third-order valence-electron chi connectivity index (χ3n) is 1.83. The molecule has 0 bridgehead atoms. The molecule has 0 atom stereocenters. The van der Waals surface area contributed by atoms with Gasteiger partial charge >= 0.3 is 0 Å². The van der Waals surface area contributed by atoms with E-state index in [9.17, 15) is 14.9 Å². The second-order valence-electron chi connectivity index (χ2n) is 2.94. The number of aryl methyl sites for hydroxylation is 1. The zero-order chi connectivity index (χ0) is 11.6. The van der Waals surface area contributed by atoms with E-state index in [1.54, 1.807) is 13.0 Å². The Morgan fingerprint density at radius 1 is 1.60 bits per heavy atom. The molecule has 1 rings (SSSR count). The van der Waals surface area contributed by atoms with E-state index in [0.717, 1.165) is 0 Å². The molecule has 1 aromatic carbocycles. The molecule has 0 aliphatic heterocycles. The molecule has 0 spiro atoms. The smallest absolute Gasteiger partial charge is 0.283 e. The molecule has 0 radical (unpaired) electrons. The van der Waals surface area contributed by atoms with Crippen LogP contribution in [0.4, 0.5) is 5.69 Å². The minimum Gasteiger partial charge on any atom is -0.365 e. The fourth-order valence-corrected chi connectivity index (χ4v) is 1.26. The van der Waals surface area contributed by atoms with E-state index in [4.69, 9.17) is 11.0 Å². The Kier molecular flexibility index (Phi) is 2.67. The molecule has 76 valence electrons. The van der Waals surface area contributed by atoms with Gasteiger partial charge in [0.25, 0.3) is 11.6 Å². The quantitative estimate of drug-likeness (QED) is 0.570. The number of nitrogens with two attached hydrogens (primary N) is 1. The van der Waals surface area contributed by atoms with Crippen LogP contribution in [-0.4, -0.2) is 10.8 Å². The van der Waals surface area contributed by atoms with Crippen LogP contribution in [0.25, 0.3) is 0 Å². The fourth-order valence-electron chi connectivity index (χ4n) is 1.26. The van der Waals surface area contributed by atoms with Crippen LogP contribution in [0.15, 0.2) is 12.1 Å². The number of nitriles is 1. The molecule has 0 saturated carbocycles. The molecule has 0 aliphatic carbocycles. The van der Waals surface area contributed by atoms with Crippen molar-refractivity contribution in [2.75, 3.05) is 0 Å². The van der Waals surface area contributed by atoms with Gasteiger partial charge in [-0.25, -0.2) is 0 Å². The summed E-state index contributed by atoms with van der Waals surface area (Å²) in [6.07, 6.45) is 0. The number of benzene rings is 1. The van der Waals surface area contributed by atoms with Crippen molar-refractivity contribution in [3.8, 4) is 6.07 Å². The molecule has 6 nitrogen and oxygen atoms in total. The summed E-state index contributed by atoms with van der Waals surface area (Å²) in [5, 5.41) is 19.4. The maximum Gasteiger partial charge on any atom is 0.283 e. The van der Waals surface area contributed by atoms with Crippen LogP contribution in [0, 0.1) is 28.4 Å². The van der Waals surface area contributed by atoms with Gasteiger partial charge in [-0.05, 0) is 18.6 Å². The van der Waals surface area contributed by atoms with Gasteiger partial charge in [0.05, 0.1) is 10.5 Å².